The third-order valence-electron chi connectivity index (χ3n) is 4.01. The second-order valence-electron chi connectivity index (χ2n) is 5.67. The summed E-state index contributed by atoms with van der Waals surface area (Å²) in [5.74, 6) is -0.127. The average Bonchev–Trinajstić information content (AvgIpc) is 2.56. The summed E-state index contributed by atoms with van der Waals surface area (Å²) in [6.07, 6.45) is 3.64. The Morgan fingerprint density at radius 1 is 1.04 bits per heavy atom. The molecule has 0 bridgehead atoms. The summed E-state index contributed by atoms with van der Waals surface area (Å²) in [6, 6.07) is 13.0. The van der Waals surface area contributed by atoms with Crippen LogP contribution < -0.4 is 10.2 Å². The third kappa shape index (κ3) is 4.06. The zero-order chi connectivity index (χ0) is 16.2. The van der Waals surface area contributed by atoms with Crippen LogP contribution in [-0.2, 0) is 0 Å². The number of halogens is 2. The number of rotatable bonds is 3. The van der Waals surface area contributed by atoms with Crippen LogP contribution in [0.5, 0.6) is 0 Å². The summed E-state index contributed by atoms with van der Waals surface area (Å²) < 4.78 is 0.950. The first kappa shape index (κ1) is 16.3. The number of anilines is 2. The molecule has 0 atom stereocenters. The minimum absolute atomic E-state index is 0.127. The summed E-state index contributed by atoms with van der Waals surface area (Å²) in [5, 5.41) is 3.63. The summed E-state index contributed by atoms with van der Waals surface area (Å²) >= 11 is 9.51. The normalized spacial score (nSPS) is 14.6. The predicted octanol–water partition coefficient (Wildman–Crippen LogP) is 5.35. The maximum absolute atomic E-state index is 12.5. The van der Waals surface area contributed by atoms with E-state index in [1.807, 2.05) is 30.3 Å². The number of hydrogen-bond acceptors (Lipinski definition) is 2. The van der Waals surface area contributed by atoms with Crippen molar-refractivity contribution in [3.8, 4) is 0 Å². The van der Waals surface area contributed by atoms with Crippen molar-refractivity contribution in [1.82, 2.24) is 0 Å². The van der Waals surface area contributed by atoms with Gasteiger partial charge in [-0.2, -0.15) is 0 Å². The first-order valence-electron chi connectivity index (χ1n) is 7.75. The molecule has 0 aliphatic carbocycles. The molecule has 2 aromatic rings. The van der Waals surface area contributed by atoms with E-state index in [-0.39, 0.29) is 5.91 Å². The van der Waals surface area contributed by atoms with Gasteiger partial charge >= 0.3 is 0 Å². The monoisotopic (exact) mass is 392 g/mol. The van der Waals surface area contributed by atoms with Crippen molar-refractivity contribution in [3.63, 3.8) is 0 Å². The van der Waals surface area contributed by atoms with Crippen LogP contribution in [0.1, 0.15) is 29.6 Å². The molecule has 0 aromatic heterocycles. The maximum Gasteiger partial charge on any atom is 0.255 e. The number of amides is 1. The maximum atomic E-state index is 12.5. The molecular formula is C18H18BrClN2O. The molecule has 0 saturated carbocycles. The number of piperidine rings is 1. The lowest BCUT2D eigenvalue weighted by molar-refractivity contribution is 0.102. The van der Waals surface area contributed by atoms with E-state index in [1.54, 1.807) is 12.1 Å². The van der Waals surface area contributed by atoms with Crippen molar-refractivity contribution >= 4 is 44.8 Å². The number of nitrogens with zero attached hydrogens (tertiary/aromatic N) is 1. The molecule has 120 valence electrons. The fraction of sp³-hybridized carbons (Fsp3) is 0.278. The molecule has 1 amide bonds. The largest absolute Gasteiger partial charge is 0.370 e. The molecule has 1 aliphatic rings. The van der Waals surface area contributed by atoms with Crippen LogP contribution in [-0.4, -0.2) is 19.0 Å². The van der Waals surface area contributed by atoms with Gasteiger partial charge in [0.1, 0.15) is 0 Å². The number of benzene rings is 2. The Hall–Kier alpha value is -1.52. The van der Waals surface area contributed by atoms with E-state index in [9.17, 15) is 4.79 Å². The van der Waals surface area contributed by atoms with Crippen molar-refractivity contribution < 1.29 is 4.79 Å². The van der Waals surface area contributed by atoms with E-state index in [0.29, 0.717) is 10.6 Å². The van der Waals surface area contributed by atoms with Crippen LogP contribution in [0.4, 0.5) is 11.4 Å². The van der Waals surface area contributed by atoms with Gasteiger partial charge in [-0.05, 0) is 61.7 Å². The van der Waals surface area contributed by atoms with Gasteiger partial charge < -0.3 is 10.2 Å². The summed E-state index contributed by atoms with van der Waals surface area (Å²) in [5.41, 5.74) is 2.43. The highest BCUT2D eigenvalue weighted by Gasteiger charge is 2.16. The summed E-state index contributed by atoms with van der Waals surface area (Å²) in [4.78, 5) is 14.8. The Labute approximate surface area is 149 Å². The van der Waals surface area contributed by atoms with E-state index in [4.69, 9.17) is 11.6 Å². The minimum atomic E-state index is -0.127. The molecule has 1 saturated heterocycles. The number of carbonyl (C=O) groups is 1. The first-order chi connectivity index (χ1) is 11.1. The zero-order valence-corrected chi connectivity index (χ0v) is 15.0. The van der Waals surface area contributed by atoms with Gasteiger partial charge in [0.2, 0.25) is 0 Å². The predicted molar refractivity (Wildman–Crippen MR) is 99.6 cm³/mol. The highest BCUT2D eigenvalue weighted by atomic mass is 79.9. The Balaban J connectivity index is 1.84. The molecule has 23 heavy (non-hydrogen) atoms. The molecule has 1 heterocycles. The summed E-state index contributed by atoms with van der Waals surface area (Å²) in [7, 11) is 0. The van der Waals surface area contributed by atoms with Crippen LogP contribution in [0.15, 0.2) is 46.9 Å². The van der Waals surface area contributed by atoms with Crippen molar-refractivity contribution in [2.75, 3.05) is 23.3 Å². The molecule has 1 fully saturated rings. The van der Waals surface area contributed by atoms with Crippen LogP contribution in [0.3, 0.4) is 0 Å². The van der Waals surface area contributed by atoms with Crippen molar-refractivity contribution in [3.05, 3.63) is 57.5 Å². The highest BCUT2D eigenvalue weighted by Crippen LogP contribution is 2.31. The molecule has 3 rings (SSSR count). The molecule has 0 radical (unpaired) electrons. The second-order valence-corrected chi connectivity index (χ2v) is 7.02. The van der Waals surface area contributed by atoms with Gasteiger partial charge in [-0.25, -0.2) is 0 Å². The van der Waals surface area contributed by atoms with E-state index in [1.165, 1.54) is 19.3 Å². The molecule has 0 unspecified atom stereocenters. The van der Waals surface area contributed by atoms with Gasteiger partial charge in [0, 0.05) is 28.1 Å². The van der Waals surface area contributed by atoms with E-state index < -0.39 is 0 Å². The fourth-order valence-corrected chi connectivity index (χ4v) is 3.25. The molecule has 0 spiro atoms. The van der Waals surface area contributed by atoms with Gasteiger partial charge in [-0.1, -0.05) is 27.5 Å². The van der Waals surface area contributed by atoms with Crippen LogP contribution >= 0.6 is 27.5 Å². The fourth-order valence-electron chi connectivity index (χ4n) is 2.81. The molecule has 1 N–H and O–H groups in total. The highest BCUT2D eigenvalue weighted by molar-refractivity contribution is 9.10. The van der Waals surface area contributed by atoms with E-state index >= 15 is 0 Å². The number of carbonyl (C=O) groups excluding carboxylic acids is 1. The van der Waals surface area contributed by atoms with Crippen LogP contribution in [0, 0.1) is 0 Å². The Morgan fingerprint density at radius 2 is 1.74 bits per heavy atom. The van der Waals surface area contributed by atoms with Gasteiger partial charge in [-0.3, -0.25) is 4.79 Å². The second kappa shape index (κ2) is 7.37. The van der Waals surface area contributed by atoms with Gasteiger partial charge in [0.15, 0.2) is 0 Å². The lowest BCUT2D eigenvalue weighted by Gasteiger charge is -2.30. The standard InChI is InChI=1S/C18H18BrClN2O/c19-14-6-4-13(5-7-14)18(23)21-16-12-15(20)8-9-17(16)22-10-2-1-3-11-22/h4-9,12H,1-3,10-11H2,(H,21,23). The van der Waals surface area contributed by atoms with Gasteiger partial charge in [0.25, 0.3) is 5.91 Å². The number of nitrogens with one attached hydrogen (secondary N) is 1. The molecule has 5 heteroatoms. The number of hydrogen-bond donors (Lipinski definition) is 1. The van der Waals surface area contributed by atoms with E-state index in [2.05, 4.69) is 26.1 Å². The minimum Gasteiger partial charge on any atom is -0.370 e. The quantitative estimate of drug-likeness (QED) is 0.763. The van der Waals surface area contributed by atoms with Crippen LogP contribution in [0.25, 0.3) is 0 Å². The van der Waals surface area contributed by atoms with Crippen molar-refractivity contribution in [2.45, 2.75) is 19.3 Å². The third-order valence-corrected chi connectivity index (χ3v) is 4.77. The van der Waals surface area contributed by atoms with Crippen LogP contribution in [0.2, 0.25) is 5.02 Å². The van der Waals surface area contributed by atoms with Gasteiger partial charge in [0.05, 0.1) is 11.4 Å². The SMILES string of the molecule is O=C(Nc1cc(Cl)ccc1N1CCCCC1)c1ccc(Br)cc1. The average molecular weight is 394 g/mol. The van der Waals surface area contributed by atoms with Crippen molar-refractivity contribution in [2.24, 2.45) is 0 Å². The lowest BCUT2D eigenvalue weighted by Crippen LogP contribution is -2.30. The lowest BCUT2D eigenvalue weighted by atomic mass is 10.1. The van der Waals surface area contributed by atoms with Crippen molar-refractivity contribution in [1.29, 1.82) is 0 Å². The van der Waals surface area contributed by atoms with Gasteiger partial charge in [-0.15, -0.1) is 0 Å². The smallest absolute Gasteiger partial charge is 0.255 e. The molecular weight excluding hydrogens is 376 g/mol. The molecule has 3 nitrogen and oxygen atoms in total. The molecule has 2 aromatic carbocycles. The Bertz CT molecular complexity index is 697. The Morgan fingerprint density at radius 3 is 2.43 bits per heavy atom. The van der Waals surface area contributed by atoms with E-state index in [0.717, 1.165) is 28.9 Å². The Kier molecular flexibility index (Phi) is 5.23. The topological polar surface area (TPSA) is 32.3 Å². The zero-order valence-electron chi connectivity index (χ0n) is 12.7. The summed E-state index contributed by atoms with van der Waals surface area (Å²) in [6.45, 7) is 2.03. The first-order valence-corrected chi connectivity index (χ1v) is 8.92. The molecule has 1 aliphatic heterocycles.